The van der Waals surface area contributed by atoms with Crippen LogP contribution in [0.1, 0.15) is 51.5 Å². The average molecular weight is 372 g/mol. The number of carbonyl (C=O) groups is 1. The standard InChI is InChI=1S/C19H30FN3O.ClH/c1-3-19(21,4-2)14-22-18(24)17-7-5-6-12-23(17)13-15-8-10-16(20)11-9-15;/h8-11,17H,3-7,12-14,21H2,1-2H3,(H,22,24);1H. The number of nitrogens with one attached hydrogen (secondary N) is 1. The summed E-state index contributed by atoms with van der Waals surface area (Å²) in [5.74, 6) is -0.168. The van der Waals surface area contributed by atoms with Gasteiger partial charge in [-0.2, -0.15) is 0 Å². The molecule has 1 atom stereocenters. The molecule has 1 aliphatic rings. The molecule has 1 aromatic carbocycles. The predicted molar refractivity (Wildman–Crippen MR) is 102 cm³/mol. The van der Waals surface area contributed by atoms with Crippen molar-refractivity contribution in [2.75, 3.05) is 13.1 Å². The minimum absolute atomic E-state index is 0. The third-order valence-electron chi connectivity index (χ3n) is 5.24. The minimum atomic E-state index is -0.327. The second-order valence-electron chi connectivity index (χ2n) is 6.90. The molecule has 1 aromatic rings. The van der Waals surface area contributed by atoms with E-state index in [1.165, 1.54) is 12.1 Å². The molecule has 1 unspecified atom stereocenters. The molecule has 1 saturated heterocycles. The molecule has 25 heavy (non-hydrogen) atoms. The van der Waals surface area contributed by atoms with Gasteiger partial charge in [-0.3, -0.25) is 9.69 Å². The van der Waals surface area contributed by atoms with E-state index in [9.17, 15) is 9.18 Å². The second-order valence-corrected chi connectivity index (χ2v) is 6.90. The molecular formula is C19H31ClFN3O. The monoisotopic (exact) mass is 371 g/mol. The molecule has 1 heterocycles. The molecule has 6 heteroatoms. The number of rotatable bonds is 7. The summed E-state index contributed by atoms with van der Waals surface area (Å²) < 4.78 is 13.1. The summed E-state index contributed by atoms with van der Waals surface area (Å²) in [7, 11) is 0. The highest BCUT2D eigenvalue weighted by Crippen LogP contribution is 2.20. The Bertz CT molecular complexity index is 534. The van der Waals surface area contributed by atoms with Gasteiger partial charge in [0.05, 0.1) is 6.04 Å². The first kappa shape index (κ1) is 21.9. The van der Waals surface area contributed by atoms with Crippen LogP contribution in [0, 0.1) is 5.82 Å². The summed E-state index contributed by atoms with van der Waals surface area (Å²) in [6.45, 7) is 6.19. The Morgan fingerprint density at radius 2 is 1.92 bits per heavy atom. The summed E-state index contributed by atoms with van der Waals surface area (Å²) in [6.07, 6.45) is 4.70. The number of carbonyl (C=O) groups excluding carboxylic acids is 1. The van der Waals surface area contributed by atoms with Gasteiger partial charge >= 0.3 is 0 Å². The van der Waals surface area contributed by atoms with Crippen LogP contribution in [0.3, 0.4) is 0 Å². The highest BCUT2D eigenvalue weighted by Gasteiger charge is 2.30. The summed E-state index contributed by atoms with van der Waals surface area (Å²) in [5.41, 5.74) is 6.99. The molecule has 1 aliphatic heterocycles. The number of halogens is 2. The molecule has 0 bridgehead atoms. The van der Waals surface area contributed by atoms with Gasteiger partial charge in [0.1, 0.15) is 5.82 Å². The molecule has 3 N–H and O–H groups in total. The summed E-state index contributed by atoms with van der Waals surface area (Å²) in [6, 6.07) is 6.40. The van der Waals surface area contributed by atoms with Crippen molar-refractivity contribution in [1.82, 2.24) is 10.2 Å². The number of piperidine rings is 1. The second kappa shape index (κ2) is 10.1. The van der Waals surface area contributed by atoms with Crippen molar-refractivity contribution in [3.8, 4) is 0 Å². The third kappa shape index (κ3) is 6.24. The van der Waals surface area contributed by atoms with Crippen molar-refractivity contribution in [1.29, 1.82) is 0 Å². The van der Waals surface area contributed by atoms with Crippen LogP contribution in [0.5, 0.6) is 0 Å². The van der Waals surface area contributed by atoms with Gasteiger partial charge in [0.25, 0.3) is 0 Å². The van der Waals surface area contributed by atoms with E-state index in [2.05, 4.69) is 24.1 Å². The number of nitrogens with zero attached hydrogens (tertiary/aromatic N) is 1. The Morgan fingerprint density at radius 3 is 2.52 bits per heavy atom. The van der Waals surface area contributed by atoms with Crippen LogP contribution in [0.25, 0.3) is 0 Å². The Kier molecular flexibility index (Phi) is 8.83. The molecule has 4 nitrogen and oxygen atoms in total. The van der Waals surface area contributed by atoms with Crippen molar-refractivity contribution >= 4 is 18.3 Å². The lowest BCUT2D eigenvalue weighted by Gasteiger charge is -2.36. The fourth-order valence-corrected chi connectivity index (χ4v) is 3.18. The maximum atomic E-state index is 13.1. The van der Waals surface area contributed by atoms with Crippen molar-refractivity contribution in [2.45, 2.75) is 64.1 Å². The van der Waals surface area contributed by atoms with Gasteiger partial charge in [0, 0.05) is 18.6 Å². The van der Waals surface area contributed by atoms with Crippen molar-refractivity contribution in [3.63, 3.8) is 0 Å². The molecule has 0 saturated carbocycles. The quantitative estimate of drug-likeness (QED) is 0.773. The first-order valence-electron chi connectivity index (χ1n) is 9.02. The number of hydrogen-bond acceptors (Lipinski definition) is 3. The molecule has 2 rings (SSSR count). The van der Waals surface area contributed by atoms with Crippen molar-refractivity contribution < 1.29 is 9.18 Å². The highest BCUT2D eigenvalue weighted by molar-refractivity contribution is 5.85. The number of benzene rings is 1. The topological polar surface area (TPSA) is 58.4 Å². The van der Waals surface area contributed by atoms with E-state index in [-0.39, 0.29) is 35.7 Å². The van der Waals surface area contributed by atoms with Crippen LogP contribution >= 0.6 is 12.4 Å². The van der Waals surface area contributed by atoms with Crippen molar-refractivity contribution in [2.24, 2.45) is 5.73 Å². The van der Waals surface area contributed by atoms with E-state index in [4.69, 9.17) is 5.73 Å². The van der Waals surface area contributed by atoms with Crippen LogP contribution in [-0.2, 0) is 11.3 Å². The maximum absolute atomic E-state index is 13.1. The van der Waals surface area contributed by atoms with Crippen LogP contribution in [-0.4, -0.2) is 35.5 Å². The van der Waals surface area contributed by atoms with E-state index in [0.717, 1.165) is 44.2 Å². The lowest BCUT2D eigenvalue weighted by molar-refractivity contribution is -0.128. The zero-order valence-electron chi connectivity index (χ0n) is 15.3. The summed E-state index contributed by atoms with van der Waals surface area (Å²) in [4.78, 5) is 14.9. The number of amides is 1. The van der Waals surface area contributed by atoms with Gasteiger partial charge in [-0.25, -0.2) is 4.39 Å². The van der Waals surface area contributed by atoms with E-state index in [1.54, 1.807) is 12.1 Å². The SMILES string of the molecule is CCC(N)(CC)CNC(=O)C1CCCCN1Cc1ccc(F)cc1.Cl. The Morgan fingerprint density at radius 1 is 1.28 bits per heavy atom. The van der Waals surface area contributed by atoms with Crippen LogP contribution in [0.15, 0.2) is 24.3 Å². The largest absolute Gasteiger partial charge is 0.353 e. The lowest BCUT2D eigenvalue weighted by Crippen LogP contribution is -2.54. The van der Waals surface area contributed by atoms with Gasteiger partial charge in [-0.15, -0.1) is 12.4 Å². The molecule has 1 fully saturated rings. The zero-order valence-corrected chi connectivity index (χ0v) is 16.1. The lowest BCUT2D eigenvalue weighted by atomic mass is 9.93. The maximum Gasteiger partial charge on any atom is 0.237 e. The molecular weight excluding hydrogens is 341 g/mol. The van der Waals surface area contributed by atoms with Gasteiger partial charge in [0.15, 0.2) is 0 Å². The van der Waals surface area contributed by atoms with Crippen LogP contribution in [0.2, 0.25) is 0 Å². The number of likely N-dealkylation sites (tertiary alicyclic amines) is 1. The van der Waals surface area contributed by atoms with Crippen LogP contribution < -0.4 is 11.1 Å². The summed E-state index contributed by atoms with van der Waals surface area (Å²) in [5, 5.41) is 3.05. The first-order valence-corrected chi connectivity index (χ1v) is 9.02. The summed E-state index contributed by atoms with van der Waals surface area (Å²) >= 11 is 0. The zero-order chi connectivity index (χ0) is 17.6. The molecule has 142 valence electrons. The van der Waals surface area contributed by atoms with Crippen LogP contribution in [0.4, 0.5) is 4.39 Å². The third-order valence-corrected chi connectivity index (χ3v) is 5.24. The van der Waals surface area contributed by atoms with E-state index in [0.29, 0.717) is 13.1 Å². The van der Waals surface area contributed by atoms with Crippen molar-refractivity contribution in [3.05, 3.63) is 35.6 Å². The fraction of sp³-hybridized carbons (Fsp3) is 0.632. The van der Waals surface area contributed by atoms with Gasteiger partial charge in [0.2, 0.25) is 5.91 Å². The van der Waals surface area contributed by atoms with Gasteiger partial charge < -0.3 is 11.1 Å². The Labute approximate surface area is 156 Å². The fourth-order valence-electron chi connectivity index (χ4n) is 3.18. The van der Waals surface area contributed by atoms with Gasteiger partial charge in [-0.05, 0) is 49.9 Å². The molecule has 0 aromatic heterocycles. The normalized spacial score (nSPS) is 18.5. The molecule has 1 amide bonds. The molecule has 0 spiro atoms. The first-order chi connectivity index (χ1) is 11.5. The smallest absolute Gasteiger partial charge is 0.237 e. The van der Waals surface area contributed by atoms with Gasteiger partial charge in [-0.1, -0.05) is 32.4 Å². The number of nitrogens with two attached hydrogens (primary N) is 1. The molecule has 0 radical (unpaired) electrons. The van der Waals surface area contributed by atoms with E-state index in [1.807, 2.05) is 0 Å². The minimum Gasteiger partial charge on any atom is -0.353 e. The number of hydrogen-bond donors (Lipinski definition) is 2. The van der Waals surface area contributed by atoms with E-state index < -0.39 is 0 Å². The Hall–Kier alpha value is -1.17. The molecule has 0 aliphatic carbocycles. The Balaban J connectivity index is 0.00000312. The highest BCUT2D eigenvalue weighted by atomic mass is 35.5. The average Bonchev–Trinajstić information content (AvgIpc) is 2.62. The predicted octanol–water partition coefficient (Wildman–Crippen LogP) is 3.24. The van der Waals surface area contributed by atoms with E-state index >= 15 is 0 Å².